The molecule has 10 heteroatoms. The van der Waals surface area contributed by atoms with E-state index in [0.717, 1.165) is 78.0 Å². The van der Waals surface area contributed by atoms with Crippen LogP contribution in [-0.2, 0) is 18.6 Å². The fraction of sp³-hybridized carbons (Fsp3) is 0.273. The van der Waals surface area contributed by atoms with Crippen LogP contribution in [0.2, 0.25) is 0 Å². The van der Waals surface area contributed by atoms with E-state index in [1.807, 2.05) is 0 Å². The summed E-state index contributed by atoms with van der Waals surface area (Å²) in [4.78, 5) is 17.6. The van der Waals surface area contributed by atoms with Gasteiger partial charge >= 0.3 is 14.2 Å². The summed E-state index contributed by atoms with van der Waals surface area (Å²) >= 11 is 0. The highest BCUT2D eigenvalue weighted by Crippen LogP contribution is 2.38. The Morgan fingerprint density at radius 1 is 0.444 bits per heavy atom. The van der Waals surface area contributed by atoms with Gasteiger partial charge in [-0.25, -0.2) is 9.97 Å². The first kappa shape index (κ1) is 34.8. The molecule has 8 nitrogen and oxygen atoms in total. The number of nitrogens with zero attached hydrogens (tertiary/aromatic N) is 2. The maximum absolute atomic E-state index is 6.33. The van der Waals surface area contributed by atoms with Gasteiger partial charge in [-0.2, -0.15) is 0 Å². The van der Waals surface area contributed by atoms with Gasteiger partial charge < -0.3 is 28.6 Å². The molecule has 0 radical (unpaired) electrons. The highest BCUT2D eigenvalue weighted by atomic mass is 16.7. The Balaban J connectivity index is 1.14. The molecule has 0 aliphatic carbocycles. The smallest absolute Gasteiger partial charge is 0.399 e. The van der Waals surface area contributed by atoms with Crippen molar-refractivity contribution in [1.82, 2.24) is 19.9 Å². The summed E-state index contributed by atoms with van der Waals surface area (Å²) in [6, 6.07) is 29.4. The first-order chi connectivity index (χ1) is 25.6. The third-order valence-corrected chi connectivity index (χ3v) is 11.8. The van der Waals surface area contributed by atoms with E-state index in [1.165, 1.54) is 0 Å². The molecule has 2 fully saturated rings. The second kappa shape index (κ2) is 12.3. The fourth-order valence-corrected chi connectivity index (χ4v) is 7.25. The van der Waals surface area contributed by atoms with Gasteiger partial charge in [0.25, 0.3) is 0 Å². The van der Waals surface area contributed by atoms with Crippen molar-refractivity contribution in [2.24, 2.45) is 0 Å². The highest BCUT2D eigenvalue weighted by molar-refractivity contribution is 6.62. The molecular formula is C44H44B2N4O4. The van der Waals surface area contributed by atoms with E-state index in [9.17, 15) is 0 Å². The van der Waals surface area contributed by atoms with Gasteiger partial charge in [-0.1, -0.05) is 48.5 Å². The zero-order valence-corrected chi connectivity index (χ0v) is 32.1. The summed E-state index contributed by atoms with van der Waals surface area (Å²) in [6.45, 7) is 16.6. The molecule has 2 aromatic carbocycles. The molecule has 5 aromatic rings. The van der Waals surface area contributed by atoms with Crippen molar-refractivity contribution in [3.63, 3.8) is 0 Å². The Morgan fingerprint density at radius 2 is 0.815 bits per heavy atom. The van der Waals surface area contributed by atoms with E-state index < -0.39 is 36.6 Å². The van der Waals surface area contributed by atoms with Crippen LogP contribution in [0.25, 0.3) is 68.6 Å². The molecule has 0 unspecified atom stereocenters. The van der Waals surface area contributed by atoms with Gasteiger partial charge in [-0.3, -0.25) is 0 Å². The Labute approximate surface area is 317 Å². The normalized spacial score (nSPS) is 19.2. The van der Waals surface area contributed by atoms with Crippen LogP contribution >= 0.6 is 0 Å². The Hall–Kier alpha value is -4.99. The minimum Gasteiger partial charge on any atom is -0.399 e. The molecule has 4 aliphatic rings. The molecule has 7 heterocycles. The van der Waals surface area contributed by atoms with Crippen molar-refractivity contribution in [2.45, 2.75) is 77.8 Å². The second-order valence-electron chi connectivity index (χ2n) is 16.6. The number of aromatic amines is 2. The molecule has 0 saturated carbocycles. The number of hydrogen-bond acceptors (Lipinski definition) is 6. The molecule has 2 N–H and O–H groups in total. The molecule has 0 spiro atoms. The van der Waals surface area contributed by atoms with E-state index in [2.05, 4.69) is 175 Å². The third kappa shape index (κ3) is 5.98. The van der Waals surface area contributed by atoms with Crippen LogP contribution in [0.3, 0.4) is 0 Å². The molecule has 4 aliphatic heterocycles. The molecule has 9 rings (SSSR count). The number of hydrogen-bond donors (Lipinski definition) is 2. The van der Waals surface area contributed by atoms with Gasteiger partial charge in [0.15, 0.2) is 0 Å². The molecule has 0 amide bonds. The molecule has 270 valence electrons. The van der Waals surface area contributed by atoms with Gasteiger partial charge in [-0.15, -0.1) is 0 Å². The first-order valence-corrected chi connectivity index (χ1v) is 18.7. The van der Waals surface area contributed by atoms with E-state index in [-0.39, 0.29) is 0 Å². The number of aromatic nitrogens is 4. The number of fused-ring (bicyclic) bond motifs is 8. The topological polar surface area (TPSA) is 94.3 Å². The molecule has 8 bridgehead atoms. The minimum absolute atomic E-state index is 0.405. The van der Waals surface area contributed by atoms with E-state index >= 15 is 0 Å². The quantitative estimate of drug-likeness (QED) is 0.178. The summed E-state index contributed by atoms with van der Waals surface area (Å²) in [7, 11) is -0.857. The number of nitrogens with one attached hydrogen (secondary N) is 2. The first-order valence-electron chi connectivity index (χ1n) is 18.7. The van der Waals surface area contributed by atoms with E-state index in [0.29, 0.717) is 0 Å². The van der Waals surface area contributed by atoms with Gasteiger partial charge in [0.05, 0.1) is 45.2 Å². The average Bonchev–Trinajstić information content (AvgIpc) is 3.97. The molecule has 3 aromatic heterocycles. The van der Waals surface area contributed by atoms with Crippen LogP contribution in [0, 0.1) is 0 Å². The Kier molecular flexibility index (Phi) is 7.89. The predicted octanol–water partition coefficient (Wildman–Crippen LogP) is 8.59. The van der Waals surface area contributed by atoms with Crippen LogP contribution in [0.15, 0.2) is 84.9 Å². The lowest BCUT2D eigenvalue weighted by atomic mass is 9.78. The van der Waals surface area contributed by atoms with Crippen molar-refractivity contribution in [2.75, 3.05) is 0 Å². The third-order valence-electron chi connectivity index (χ3n) is 11.8. The van der Waals surface area contributed by atoms with Crippen LogP contribution in [-0.4, -0.2) is 56.6 Å². The molecular weight excluding hydrogens is 670 g/mol. The van der Waals surface area contributed by atoms with Crippen LogP contribution in [0.1, 0.15) is 78.2 Å². The number of rotatable bonds is 4. The largest absolute Gasteiger partial charge is 0.494 e. The van der Waals surface area contributed by atoms with Gasteiger partial charge in [0.1, 0.15) is 0 Å². The predicted molar refractivity (Wildman–Crippen MR) is 221 cm³/mol. The number of H-pyrrole nitrogens is 2. The monoisotopic (exact) mass is 714 g/mol. The maximum atomic E-state index is 6.33. The fourth-order valence-electron chi connectivity index (χ4n) is 7.25. The minimum atomic E-state index is -0.433. The zero-order chi connectivity index (χ0) is 37.6. The van der Waals surface area contributed by atoms with E-state index in [1.54, 1.807) is 0 Å². The lowest BCUT2D eigenvalue weighted by molar-refractivity contribution is 0.00578. The van der Waals surface area contributed by atoms with E-state index in [4.69, 9.17) is 28.6 Å². The maximum Gasteiger partial charge on any atom is 0.494 e. The van der Waals surface area contributed by atoms with Gasteiger partial charge in [-0.05, 0) is 138 Å². The van der Waals surface area contributed by atoms with Crippen LogP contribution in [0.4, 0.5) is 0 Å². The summed E-state index contributed by atoms with van der Waals surface area (Å²) in [5.74, 6) is 0. The van der Waals surface area contributed by atoms with Crippen molar-refractivity contribution < 1.29 is 18.6 Å². The highest BCUT2D eigenvalue weighted by Gasteiger charge is 2.52. The summed E-state index contributed by atoms with van der Waals surface area (Å²) < 4.78 is 25.3. The summed E-state index contributed by atoms with van der Waals surface area (Å²) in [5.41, 5.74) is 11.7. The van der Waals surface area contributed by atoms with Gasteiger partial charge in [0.2, 0.25) is 0 Å². The molecule has 54 heavy (non-hydrogen) atoms. The average molecular weight is 714 g/mol. The van der Waals surface area contributed by atoms with Crippen molar-refractivity contribution >= 4 is 71.5 Å². The lowest BCUT2D eigenvalue weighted by Crippen LogP contribution is -2.41. The molecule has 2 saturated heterocycles. The van der Waals surface area contributed by atoms with Crippen LogP contribution < -0.4 is 10.9 Å². The van der Waals surface area contributed by atoms with Crippen molar-refractivity contribution in [3.8, 4) is 22.3 Å². The standard InChI is InChI=1S/C44H44B2N4O4/c1-41(2)42(3,4)52-45(51-41)29-13-9-27(10-14-29)39-35-21-17-31(47-35)25-33-19-23-37(49-33)40(38-24-20-34(50-38)26-32-18-22-36(39)48-32)28-11-15-30(16-12-28)46-53-43(5,6)44(7,8)54-46/h9-26,47-48H,1-8H3. The second-order valence-corrected chi connectivity index (χ2v) is 16.6. The van der Waals surface area contributed by atoms with Crippen LogP contribution in [0.5, 0.6) is 0 Å². The number of benzene rings is 2. The summed E-state index contributed by atoms with van der Waals surface area (Å²) in [6.07, 6.45) is 8.25. The van der Waals surface area contributed by atoms with Gasteiger partial charge in [0, 0.05) is 33.2 Å². The zero-order valence-electron chi connectivity index (χ0n) is 32.1. The Morgan fingerprint density at radius 3 is 1.20 bits per heavy atom. The van der Waals surface area contributed by atoms with Crippen molar-refractivity contribution in [1.29, 1.82) is 0 Å². The molecule has 0 atom stereocenters. The summed E-state index contributed by atoms with van der Waals surface area (Å²) in [5, 5.41) is 0. The Bertz CT molecular complexity index is 2400. The SMILES string of the molecule is CC1(C)OB(c2ccc(-c3c4nc(cc5ccc([nH]5)c(-c5ccc(B6OC(C)(C)C(C)(C)O6)cc5)c5ccc(cc6nc3C=C6)[nH]5)C=C4)cc2)OC1(C)C. The van der Waals surface area contributed by atoms with Crippen molar-refractivity contribution in [3.05, 3.63) is 108 Å². The lowest BCUT2D eigenvalue weighted by Gasteiger charge is -2.32.